The van der Waals surface area contributed by atoms with Gasteiger partial charge in [0.15, 0.2) is 5.78 Å². The van der Waals surface area contributed by atoms with Gasteiger partial charge in [0.25, 0.3) is 0 Å². The zero-order valence-corrected chi connectivity index (χ0v) is 11.6. The van der Waals surface area contributed by atoms with Crippen molar-refractivity contribution in [2.75, 3.05) is 13.2 Å². The summed E-state index contributed by atoms with van der Waals surface area (Å²) in [5, 5.41) is 0. The number of ether oxygens (including phenoxy) is 1. The van der Waals surface area contributed by atoms with Crippen LogP contribution in [0.3, 0.4) is 0 Å². The van der Waals surface area contributed by atoms with E-state index in [-0.39, 0.29) is 17.1 Å². The Hall–Kier alpha value is -0.670. The van der Waals surface area contributed by atoms with Gasteiger partial charge < -0.3 is 4.74 Å². The number of hydrogen-bond acceptors (Lipinski definition) is 3. The van der Waals surface area contributed by atoms with Crippen molar-refractivity contribution in [3.05, 3.63) is 21.9 Å². The van der Waals surface area contributed by atoms with Crippen LogP contribution in [0.4, 0.5) is 0 Å². The third-order valence-electron chi connectivity index (χ3n) is 3.12. The van der Waals surface area contributed by atoms with Gasteiger partial charge in [-0.3, -0.25) is 4.79 Å². The maximum atomic E-state index is 12.3. The summed E-state index contributed by atoms with van der Waals surface area (Å²) >= 11 is 1.64. The topological polar surface area (TPSA) is 26.3 Å². The van der Waals surface area contributed by atoms with E-state index in [1.54, 1.807) is 11.3 Å². The Kier molecular flexibility index (Phi) is 3.69. The van der Waals surface area contributed by atoms with Crippen molar-refractivity contribution in [1.29, 1.82) is 0 Å². The molecule has 17 heavy (non-hydrogen) atoms. The van der Waals surface area contributed by atoms with E-state index >= 15 is 0 Å². The van der Waals surface area contributed by atoms with Gasteiger partial charge in [-0.2, -0.15) is 0 Å². The van der Waals surface area contributed by atoms with E-state index in [2.05, 4.69) is 26.8 Å². The first-order valence-corrected chi connectivity index (χ1v) is 7.02. The van der Waals surface area contributed by atoms with Gasteiger partial charge in [0.2, 0.25) is 0 Å². The van der Waals surface area contributed by atoms with Crippen LogP contribution in [-0.2, 0) is 10.2 Å². The highest BCUT2D eigenvalue weighted by molar-refractivity contribution is 7.14. The lowest BCUT2D eigenvalue weighted by molar-refractivity contribution is 0.0464. The van der Waals surface area contributed by atoms with Gasteiger partial charge in [0.1, 0.15) is 0 Å². The highest BCUT2D eigenvalue weighted by Gasteiger charge is 2.25. The first-order chi connectivity index (χ1) is 7.98. The van der Waals surface area contributed by atoms with Crippen LogP contribution >= 0.6 is 11.3 Å². The summed E-state index contributed by atoms with van der Waals surface area (Å²) in [6.45, 7) is 7.94. The molecule has 0 spiro atoms. The number of rotatable bonds is 2. The third kappa shape index (κ3) is 2.96. The number of Topliss-reactive ketones (excluding diaryl/α,β-unsaturated/α-hetero) is 1. The molecule has 2 nitrogen and oxygen atoms in total. The van der Waals surface area contributed by atoms with Crippen LogP contribution in [0.2, 0.25) is 0 Å². The molecule has 0 bridgehead atoms. The molecule has 94 valence electrons. The molecule has 0 N–H and O–H groups in total. The van der Waals surface area contributed by atoms with Crippen LogP contribution in [0, 0.1) is 5.92 Å². The molecule has 1 saturated heterocycles. The normalized spacial score (nSPS) is 21.5. The third-order valence-corrected chi connectivity index (χ3v) is 4.64. The zero-order chi connectivity index (χ0) is 12.5. The summed E-state index contributed by atoms with van der Waals surface area (Å²) in [7, 11) is 0. The molecule has 1 aromatic heterocycles. The largest absolute Gasteiger partial charge is 0.381 e. The van der Waals surface area contributed by atoms with Crippen LogP contribution in [0.15, 0.2) is 12.1 Å². The molecule has 0 aliphatic carbocycles. The predicted molar refractivity (Wildman–Crippen MR) is 70.9 cm³/mol. The number of ketones is 1. The van der Waals surface area contributed by atoms with E-state index in [1.165, 1.54) is 4.88 Å². The molecule has 0 saturated carbocycles. The molecule has 1 aliphatic heterocycles. The summed E-state index contributed by atoms with van der Waals surface area (Å²) < 4.78 is 5.38. The van der Waals surface area contributed by atoms with E-state index in [0.717, 1.165) is 24.3 Å². The van der Waals surface area contributed by atoms with Gasteiger partial charge in [-0.25, -0.2) is 0 Å². The Morgan fingerprint density at radius 2 is 2.18 bits per heavy atom. The number of hydrogen-bond donors (Lipinski definition) is 0. The minimum Gasteiger partial charge on any atom is -0.381 e. The van der Waals surface area contributed by atoms with Crippen LogP contribution in [-0.4, -0.2) is 19.0 Å². The van der Waals surface area contributed by atoms with E-state index in [1.807, 2.05) is 6.07 Å². The van der Waals surface area contributed by atoms with Crippen molar-refractivity contribution in [1.82, 2.24) is 0 Å². The van der Waals surface area contributed by atoms with E-state index in [0.29, 0.717) is 6.61 Å². The van der Waals surface area contributed by atoms with Gasteiger partial charge in [-0.05, 0) is 30.4 Å². The van der Waals surface area contributed by atoms with Crippen molar-refractivity contribution in [2.24, 2.45) is 5.92 Å². The monoisotopic (exact) mass is 252 g/mol. The second-order valence-electron chi connectivity index (χ2n) is 5.69. The average Bonchev–Trinajstić information content (AvgIpc) is 2.78. The minimum atomic E-state index is 0.0789. The predicted octanol–water partition coefficient (Wildman–Crippen LogP) is 3.65. The van der Waals surface area contributed by atoms with Crippen LogP contribution < -0.4 is 0 Å². The zero-order valence-electron chi connectivity index (χ0n) is 10.8. The highest BCUT2D eigenvalue weighted by atomic mass is 32.1. The van der Waals surface area contributed by atoms with Crippen LogP contribution in [0.5, 0.6) is 0 Å². The van der Waals surface area contributed by atoms with Crippen molar-refractivity contribution < 1.29 is 9.53 Å². The summed E-state index contributed by atoms with van der Waals surface area (Å²) in [5.41, 5.74) is 0.131. The quantitative estimate of drug-likeness (QED) is 0.751. The first-order valence-electron chi connectivity index (χ1n) is 6.21. The van der Waals surface area contributed by atoms with Crippen molar-refractivity contribution >= 4 is 17.1 Å². The molecule has 0 radical (unpaired) electrons. The highest BCUT2D eigenvalue weighted by Crippen LogP contribution is 2.31. The molecule has 1 fully saturated rings. The molecular weight excluding hydrogens is 232 g/mol. The fourth-order valence-corrected chi connectivity index (χ4v) is 3.10. The second kappa shape index (κ2) is 4.91. The molecule has 3 heteroatoms. The number of carbonyl (C=O) groups excluding carboxylic acids is 1. The molecule has 0 amide bonds. The van der Waals surface area contributed by atoms with Crippen LogP contribution in [0.1, 0.15) is 48.2 Å². The van der Waals surface area contributed by atoms with E-state index < -0.39 is 0 Å². The summed E-state index contributed by atoms with van der Waals surface area (Å²) in [6, 6.07) is 4.06. The number of thiophene rings is 1. The molecular formula is C14H20O2S. The summed E-state index contributed by atoms with van der Waals surface area (Å²) in [4.78, 5) is 14.4. The average molecular weight is 252 g/mol. The molecule has 1 aromatic rings. The smallest absolute Gasteiger partial charge is 0.178 e. The standard InChI is InChI=1S/C14H20O2S/c1-14(2,3)12-7-6-11(17-12)13(15)10-5-4-8-16-9-10/h6-7,10H,4-5,8-9H2,1-3H3. The van der Waals surface area contributed by atoms with Gasteiger partial charge in [0.05, 0.1) is 11.5 Å². The SMILES string of the molecule is CC(C)(C)c1ccc(C(=O)C2CCCOC2)s1. The minimum absolute atomic E-state index is 0.0789. The van der Waals surface area contributed by atoms with Crippen molar-refractivity contribution in [2.45, 2.75) is 39.0 Å². The van der Waals surface area contributed by atoms with Crippen LogP contribution in [0.25, 0.3) is 0 Å². The first kappa shape index (κ1) is 12.8. The van der Waals surface area contributed by atoms with Gasteiger partial charge in [-0.1, -0.05) is 20.8 Å². The lowest BCUT2D eigenvalue weighted by Gasteiger charge is -2.20. The summed E-state index contributed by atoms with van der Waals surface area (Å²) in [5.74, 6) is 0.348. The Bertz CT molecular complexity index is 395. The molecule has 2 heterocycles. The second-order valence-corrected chi connectivity index (χ2v) is 6.78. The molecule has 0 aromatic carbocycles. The van der Waals surface area contributed by atoms with Gasteiger partial charge in [-0.15, -0.1) is 11.3 Å². The maximum Gasteiger partial charge on any atom is 0.178 e. The van der Waals surface area contributed by atoms with Crippen molar-refractivity contribution in [3.63, 3.8) is 0 Å². The molecule has 1 aliphatic rings. The van der Waals surface area contributed by atoms with E-state index in [4.69, 9.17) is 4.74 Å². The Morgan fingerprint density at radius 1 is 1.41 bits per heavy atom. The Balaban J connectivity index is 2.11. The molecule has 1 unspecified atom stereocenters. The molecule has 2 rings (SSSR count). The van der Waals surface area contributed by atoms with Gasteiger partial charge >= 0.3 is 0 Å². The lowest BCUT2D eigenvalue weighted by atomic mass is 9.94. The van der Waals surface area contributed by atoms with E-state index in [9.17, 15) is 4.79 Å². The Labute approximate surface area is 107 Å². The fourth-order valence-electron chi connectivity index (χ4n) is 2.02. The van der Waals surface area contributed by atoms with Gasteiger partial charge in [0, 0.05) is 17.4 Å². The maximum absolute atomic E-state index is 12.3. The summed E-state index contributed by atoms with van der Waals surface area (Å²) in [6.07, 6.45) is 1.98. The van der Waals surface area contributed by atoms with Crippen molar-refractivity contribution in [3.8, 4) is 0 Å². The molecule has 1 atom stereocenters. The fraction of sp³-hybridized carbons (Fsp3) is 0.643. The Morgan fingerprint density at radius 3 is 2.71 bits per heavy atom. The lowest BCUT2D eigenvalue weighted by Crippen LogP contribution is -2.24. The number of carbonyl (C=O) groups is 1.